The first-order valence-corrected chi connectivity index (χ1v) is 16.6. The highest BCUT2D eigenvalue weighted by Gasteiger charge is 2.33. The molecule has 49 heavy (non-hydrogen) atoms. The van der Waals surface area contributed by atoms with Gasteiger partial charge < -0.3 is 30.4 Å². The van der Waals surface area contributed by atoms with Crippen LogP contribution in [0.1, 0.15) is 17.5 Å². The van der Waals surface area contributed by atoms with Crippen molar-refractivity contribution in [1.29, 1.82) is 0 Å². The predicted molar refractivity (Wildman–Crippen MR) is 172 cm³/mol. The van der Waals surface area contributed by atoms with E-state index in [2.05, 4.69) is 0 Å². The minimum atomic E-state index is -4.76. The van der Waals surface area contributed by atoms with Gasteiger partial charge in [-0.05, 0) is 30.4 Å². The first kappa shape index (κ1) is 41.0. The van der Waals surface area contributed by atoms with Gasteiger partial charge in [-0.15, -0.1) is 0 Å². The van der Waals surface area contributed by atoms with Gasteiger partial charge in [-0.1, -0.05) is 60.7 Å². The summed E-state index contributed by atoms with van der Waals surface area (Å²) in [6.07, 6.45) is 0.961. The number of benzene rings is 2. The van der Waals surface area contributed by atoms with Crippen LogP contribution in [-0.4, -0.2) is 146 Å². The van der Waals surface area contributed by atoms with Crippen LogP contribution in [0.2, 0.25) is 0 Å². The van der Waals surface area contributed by atoms with Crippen molar-refractivity contribution < 1.29 is 68.0 Å². The molecule has 0 aliphatic rings. The lowest BCUT2D eigenvalue weighted by atomic mass is 10.0. The molecule has 3 atom stereocenters. The summed E-state index contributed by atoms with van der Waals surface area (Å²) >= 11 is 0. The van der Waals surface area contributed by atoms with Crippen molar-refractivity contribution in [3.8, 4) is 0 Å². The molecular formula is C31H42N3O14P. The lowest BCUT2D eigenvalue weighted by Gasteiger charge is -2.37. The summed E-state index contributed by atoms with van der Waals surface area (Å²) in [5, 5.41) is 47.8. The van der Waals surface area contributed by atoms with E-state index in [4.69, 9.17) is 9.05 Å². The lowest BCUT2D eigenvalue weighted by Crippen LogP contribution is -2.54. The fourth-order valence-electron chi connectivity index (χ4n) is 5.10. The highest BCUT2D eigenvalue weighted by Crippen LogP contribution is 2.43. The van der Waals surface area contributed by atoms with Gasteiger partial charge in [0.15, 0.2) is 0 Å². The van der Waals surface area contributed by atoms with E-state index in [-0.39, 0.29) is 19.6 Å². The van der Waals surface area contributed by atoms with Crippen molar-refractivity contribution in [2.45, 2.75) is 31.3 Å². The quantitative estimate of drug-likeness (QED) is 0.0589. The van der Waals surface area contributed by atoms with Crippen LogP contribution in [0.15, 0.2) is 60.7 Å². The summed E-state index contributed by atoms with van der Waals surface area (Å²) in [6.45, 7) is -5.56. The highest BCUT2D eigenvalue weighted by atomic mass is 31.2. The summed E-state index contributed by atoms with van der Waals surface area (Å²) in [5.41, 5.74) is 1.64. The van der Waals surface area contributed by atoms with Crippen molar-refractivity contribution in [1.82, 2.24) is 14.7 Å². The van der Waals surface area contributed by atoms with E-state index in [0.717, 1.165) is 15.4 Å². The van der Waals surface area contributed by atoms with Crippen LogP contribution in [0.3, 0.4) is 0 Å². The molecule has 2 aromatic rings. The number of rotatable bonds is 26. The summed E-state index contributed by atoms with van der Waals surface area (Å²) in [6, 6.07) is 15.6. The van der Waals surface area contributed by atoms with Crippen LogP contribution in [0.5, 0.6) is 0 Å². The Labute approximate surface area is 282 Å². The molecule has 0 spiro atoms. The number of carboxylic acids is 5. The molecule has 0 saturated heterocycles. The number of phosphoric acid groups is 1. The monoisotopic (exact) mass is 711 g/mol. The Balaban J connectivity index is 2.36. The predicted octanol–water partition coefficient (Wildman–Crippen LogP) is 1.06. The molecule has 0 radical (unpaired) electrons. The Morgan fingerprint density at radius 3 is 1.51 bits per heavy atom. The van der Waals surface area contributed by atoms with E-state index in [1.54, 1.807) is 30.3 Å². The van der Waals surface area contributed by atoms with Gasteiger partial charge in [-0.2, -0.15) is 0 Å². The van der Waals surface area contributed by atoms with Gasteiger partial charge in [0, 0.05) is 25.2 Å². The molecule has 17 nitrogen and oxygen atoms in total. The topological polar surface area (TPSA) is 252 Å². The number of carboxylic acid groups (broad SMARTS) is 5. The first-order valence-electron chi connectivity index (χ1n) is 15.1. The molecule has 0 amide bonds. The first-order chi connectivity index (χ1) is 23.1. The zero-order chi connectivity index (χ0) is 36.4. The Morgan fingerprint density at radius 2 is 1.04 bits per heavy atom. The molecule has 6 N–H and O–H groups in total. The van der Waals surface area contributed by atoms with Crippen LogP contribution >= 0.6 is 7.82 Å². The van der Waals surface area contributed by atoms with E-state index in [9.17, 15) is 59.0 Å². The maximum absolute atomic E-state index is 12.8. The molecule has 0 bridgehead atoms. The van der Waals surface area contributed by atoms with Gasteiger partial charge in [-0.3, -0.25) is 47.7 Å². The van der Waals surface area contributed by atoms with Crippen molar-refractivity contribution in [3.63, 3.8) is 0 Å². The average Bonchev–Trinajstić information content (AvgIpc) is 3.00. The van der Waals surface area contributed by atoms with Crippen molar-refractivity contribution in [2.75, 3.05) is 59.0 Å². The van der Waals surface area contributed by atoms with Crippen LogP contribution in [0.4, 0.5) is 0 Å². The van der Waals surface area contributed by atoms with Gasteiger partial charge in [0.1, 0.15) is 0 Å². The lowest BCUT2D eigenvalue weighted by molar-refractivity contribution is -0.145. The van der Waals surface area contributed by atoms with Crippen molar-refractivity contribution >= 4 is 37.7 Å². The molecule has 270 valence electrons. The normalized spacial score (nSPS) is 14.0. The maximum atomic E-state index is 12.8. The molecule has 0 aromatic heterocycles. The van der Waals surface area contributed by atoms with Crippen LogP contribution in [0.25, 0.3) is 0 Å². The second kappa shape index (κ2) is 21.0. The second-order valence-electron chi connectivity index (χ2n) is 11.2. The molecule has 0 saturated carbocycles. The van der Waals surface area contributed by atoms with E-state index < -0.39 is 95.6 Å². The Kier molecular flexibility index (Phi) is 17.5. The minimum absolute atomic E-state index is 0.0787. The summed E-state index contributed by atoms with van der Waals surface area (Å²) < 4.78 is 23.0. The van der Waals surface area contributed by atoms with Gasteiger partial charge in [0.25, 0.3) is 0 Å². The zero-order valence-electron chi connectivity index (χ0n) is 26.7. The number of aryl methyl sites for hydroxylation is 1. The fourth-order valence-corrected chi connectivity index (χ4v) is 5.90. The number of nitrogens with zero attached hydrogens (tertiary/aromatic N) is 3. The van der Waals surface area contributed by atoms with Crippen molar-refractivity contribution in [2.24, 2.45) is 0 Å². The SMILES string of the molecule is O=C(O)CN(CC(COP(=O)(O)OCCCc1ccccc1)N(CC(=O)O)CC(=O)O)CC(Cc1ccccc1)N(CC(=O)O)CC(=O)O. The third-order valence-corrected chi connectivity index (χ3v) is 8.12. The molecule has 0 aliphatic carbocycles. The van der Waals surface area contributed by atoms with Crippen LogP contribution < -0.4 is 0 Å². The van der Waals surface area contributed by atoms with Crippen LogP contribution in [-0.2, 0) is 50.4 Å². The largest absolute Gasteiger partial charge is 0.480 e. The van der Waals surface area contributed by atoms with Gasteiger partial charge in [-0.25, -0.2) is 4.57 Å². The highest BCUT2D eigenvalue weighted by molar-refractivity contribution is 7.47. The molecule has 3 unspecified atom stereocenters. The summed E-state index contributed by atoms with van der Waals surface area (Å²) in [4.78, 5) is 72.4. The smallest absolute Gasteiger partial charge is 0.472 e. The second-order valence-corrected chi connectivity index (χ2v) is 12.6. The minimum Gasteiger partial charge on any atom is -0.480 e. The Morgan fingerprint density at radius 1 is 0.612 bits per heavy atom. The third-order valence-electron chi connectivity index (χ3n) is 7.13. The third kappa shape index (κ3) is 17.7. The van der Waals surface area contributed by atoms with Gasteiger partial charge in [0.2, 0.25) is 0 Å². The van der Waals surface area contributed by atoms with E-state index in [0.29, 0.717) is 18.4 Å². The summed E-state index contributed by atoms with van der Waals surface area (Å²) in [5.74, 6) is -6.94. The van der Waals surface area contributed by atoms with E-state index >= 15 is 0 Å². The molecule has 18 heteroatoms. The zero-order valence-corrected chi connectivity index (χ0v) is 27.5. The number of hydrogen-bond donors (Lipinski definition) is 6. The molecule has 2 rings (SSSR count). The Hall–Kier alpha value is -4.22. The fraction of sp³-hybridized carbons (Fsp3) is 0.452. The molecular weight excluding hydrogens is 669 g/mol. The number of phosphoric ester groups is 1. The van der Waals surface area contributed by atoms with Crippen molar-refractivity contribution in [3.05, 3.63) is 71.8 Å². The molecule has 0 heterocycles. The number of carbonyl (C=O) groups is 5. The van der Waals surface area contributed by atoms with E-state index in [1.807, 2.05) is 30.3 Å². The maximum Gasteiger partial charge on any atom is 0.472 e. The van der Waals surface area contributed by atoms with Gasteiger partial charge >= 0.3 is 37.7 Å². The summed E-state index contributed by atoms with van der Waals surface area (Å²) in [7, 11) is -4.76. The van der Waals surface area contributed by atoms with Crippen LogP contribution in [0, 0.1) is 0 Å². The van der Waals surface area contributed by atoms with E-state index in [1.165, 1.54) is 4.90 Å². The molecule has 2 aromatic carbocycles. The standard InChI is InChI=1S/C31H42N3O14P/c35-27(36)17-32(15-25(14-24-10-5-2-6-11-24)33(18-28(37)38)19-29(39)40)16-26(34(20-30(41)42)21-31(43)44)22-48-49(45,46)47-13-7-12-23-8-3-1-4-9-23/h1-6,8-11,25-26H,7,12-22H2,(H,35,36)(H,37,38)(H,39,40)(H,41,42)(H,43,44)(H,45,46). The average molecular weight is 712 g/mol. The number of aliphatic carboxylic acids is 5. The number of hydrogen-bond acceptors (Lipinski definition) is 11. The Bertz CT molecular complexity index is 1380. The molecule has 0 aliphatic heterocycles. The van der Waals surface area contributed by atoms with Gasteiger partial charge in [0.05, 0.1) is 45.9 Å². The molecule has 0 fully saturated rings.